The van der Waals surface area contributed by atoms with Gasteiger partial charge in [-0.25, -0.2) is 0 Å². The van der Waals surface area contributed by atoms with Gasteiger partial charge in [0.25, 0.3) is 0 Å². The van der Waals surface area contributed by atoms with Crippen LogP contribution in [0, 0.1) is 5.92 Å². The van der Waals surface area contributed by atoms with E-state index >= 15 is 0 Å². The van der Waals surface area contributed by atoms with Crippen LogP contribution in [0.25, 0.3) is 0 Å². The minimum Gasteiger partial charge on any atom is -0.466 e. The maximum absolute atomic E-state index is 12.4. The molecule has 0 fully saturated rings. The minimum atomic E-state index is -1.06. The number of thioether (sulfide) groups is 1. The summed E-state index contributed by atoms with van der Waals surface area (Å²) in [6.45, 7) is 6.32. The summed E-state index contributed by atoms with van der Waals surface area (Å²) >= 11 is 1.54. The summed E-state index contributed by atoms with van der Waals surface area (Å²) in [7, 11) is -0.180. The fraction of sp³-hybridized carbons (Fsp3) is 0.588. The molecular formula is C17H25O4PS. The van der Waals surface area contributed by atoms with Gasteiger partial charge in [0.1, 0.15) is 0 Å². The predicted molar refractivity (Wildman–Crippen MR) is 94.2 cm³/mol. The van der Waals surface area contributed by atoms with Gasteiger partial charge in [-0.05, 0) is 32.4 Å². The highest BCUT2D eigenvalue weighted by Crippen LogP contribution is 2.41. The van der Waals surface area contributed by atoms with Gasteiger partial charge in [0.05, 0.1) is 12.5 Å². The van der Waals surface area contributed by atoms with Crippen LogP contribution in [-0.4, -0.2) is 30.3 Å². The van der Waals surface area contributed by atoms with Crippen molar-refractivity contribution < 1.29 is 18.8 Å². The lowest BCUT2D eigenvalue weighted by Crippen LogP contribution is -2.43. The van der Waals surface area contributed by atoms with Crippen LogP contribution < -0.4 is 0 Å². The van der Waals surface area contributed by atoms with E-state index < -0.39 is 11.3 Å². The Bertz CT molecular complexity index is 483. The van der Waals surface area contributed by atoms with Crippen molar-refractivity contribution >= 4 is 26.2 Å². The van der Waals surface area contributed by atoms with Gasteiger partial charge in [-0.2, -0.15) is 0 Å². The zero-order valence-corrected chi connectivity index (χ0v) is 15.7. The average molecular weight is 356 g/mol. The highest BCUT2D eigenvalue weighted by molar-refractivity contribution is 7.99. The number of esters is 1. The van der Waals surface area contributed by atoms with Crippen molar-refractivity contribution in [3.05, 3.63) is 30.3 Å². The third-order valence-electron chi connectivity index (χ3n) is 3.43. The summed E-state index contributed by atoms with van der Waals surface area (Å²) < 4.78 is 23.0. The number of hydrogen-bond donors (Lipinski definition) is 0. The predicted octanol–water partition coefficient (Wildman–Crippen LogP) is 4.78. The van der Waals surface area contributed by atoms with Crippen LogP contribution in [0.5, 0.6) is 0 Å². The summed E-state index contributed by atoms with van der Waals surface area (Å²) in [4.78, 5) is 13.4. The summed E-state index contributed by atoms with van der Waals surface area (Å²) in [5, 5.41) is -1.06. The second kappa shape index (κ2) is 10.8. The summed E-state index contributed by atoms with van der Waals surface area (Å²) in [6, 6.07) is 9.83. The lowest BCUT2D eigenvalue weighted by Gasteiger charge is -2.33. The van der Waals surface area contributed by atoms with Gasteiger partial charge in [0.2, 0.25) is 0 Å². The van der Waals surface area contributed by atoms with Crippen molar-refractivity contribution in [1.82, 2.24) is 0 Å². The molecule has 2 atom stereocenters. The standard InChI is InChI=1S/C17H25O4PS/c1-4-10-15(16(18)20-5-2)17(22-19,21-6-3)13-23-14-11-8-7-9-12-14/h7-9,11-12,15H,4-6,10,13H2,1-3H3. The fourth-order valence-electron chi connectivity index (χ4n) is 2.37. The Morgan fingerprint density at radius 3 is 2.43 bits per heavy atom. The Morgan fingerprint density at radius 1 is 1.22 bits per heavy atom. The van der Waals surface area contributed by atoms with Crippen molar-refractivity contribution in [2.75, 3.05) is 19.0 Å². The molecule has 23 heavy (non-hydrogen) atoms. The first-order valence-electron chi connectivity index (χ1n) is 7.96. The van der Waals surface area contributed by atoms with E-state index in [2.05, 4.69) is 0 Å². The van der Waals surface area contributed by atoms with Gasteiger partial charge >= 0.3 is 5.97 Å². The van der Waals surface area contributed by atoms with E-state index in [0.29, 0.717) is 25.4 Å². The third-order valence-corrected chi connectivity index (χ3v) is 5.73. The maximum Gasteiger partial charge on any atom is 0.312 e. The number of carbonyl (C=O) groups excluding carboxylic acids is 1. The molecule has 0 radical (unpaired) electrons. The Labute approximate surface area is 144 Å². The Morgan fingerprint density at radius 2 is 1.91 bits per heavy atom. The number of rotatable bonds is 11. The summed E-state index contributed by atoms with van der Waals surface area (Å²) in [6.07, 6.45) is 1.38. The number of hydrogen-bond acceptors (Lipinski definition) is 5. The van der Waals surface area contributed by atoms with Crippen molar-refractivity contribution in [1.29, 1.82) is 0 Å². The van der Waals surface area contributed by atoms with E-state index in [1.165, 1.54) is 0 Å². The van der Waals surface area contributed by atoms with E-state index in [1.807, 2.05) is 44.2 Å². The molecule has 4 nitrogen and oxygen atoms in total. The molecule has 0 spiro atoms. The zero-order valence-electron chi connectivity index (χ0n) is 14.0. The zero-order chi connectivity index (χ0) is 17.1. The summed E-state index contributed by atoms with van der Waals surface area (Å²) in [5.74, 6) is -0.443. The van der Waals surface area contributed by atoms with Gasteiger partial charge in [0.15, 0.2) is 13.8 Å². The van der Waals surface area contributed by atoms with Crippen molar-refractivity contribution in [3.63, 3.8) is 0 Å². The smallest absolute Gasteiger partial charge is 0.312 e. The molecule has 0 bridgehead atoms. The van der Waals surface area contributed by atoms with Gasteiger partial charge in [-0.1, -0.05) is 31.5 Å². The van der Waals surface area contributed by atoms with Crippen LogP contribution >= 0.6 is 20.2 Å². The molecule has 0 aliphatic carbocycles. The third kappa shape index (κ3) is 5.91. The SMILES string of the molecule is CCCC(C(=O)OCC)C(CSc1ccccc1)(OCC)P=O. The second-order valence-electron chi connectivity index (χ2n) is 5.06. The van der Waals surface area contributed by atoms with Crippen LogP contribution in [0.3, 0.4) is 0 Å². The van der Waals surface area contributed by atoms with Crippen molar-refractivity contribution in [3.8, 4) is 0 Å². The highest BCUT2D eigenvalue weighted by atomic mass is 32.2. The van der Waals surface area contributed by atoms with E-state index in [4.69, 9.17) is 9.47 Å². The van der Waals surface area contributed by atoms with Gasteiger partial charge in [0, 0.05) is 17.3 Å². The molecule has 128 valence electrons. The Kier molecular flexibility index (Phi) is 9.46. The molecular weight excluding hydrogens is 331 g/mol. The molecule has 0 aliphatic heterocycles. The largest absolute Gasteiger partial charge is 0.466 e. The van der Waals surface area contributed by atoms with Gasteiger partial charge in [-0.3, -0.25) is 9.36 Å². The molecule has 1 aromatic carbocycles. The van der Waals surface area contributed by atoms with E-state index in [-0.39, 0.29) is 14.4 Å². The second-order valence-corrected chi connectivity index (χ2v) is 7.05. The topological polar surface area (TPSA) is 52.6 Å². The van der Waals surface area contributed by atoms with Crippen molar-refractivity contribution in [2.45, 2.75) is 43.9 Å². The van der Waals surface area contributed by atoms with E-state index in [9.17, 15) is 9.36 Å². The highest BCUT2D eigenvalue weighted by Gasteiger charge is 2.45. The number of carbonyl (C=O) groups is 1. The molecule has 0 N–H and O–H groups in total. The molecule has 0 amide bonds. The first-order chi connectivity index (χ1) is 11.1. The average Bonchev–Trinajstić information content (AvgIpc) is 2.58. The monoisotopic (exact) mass is 356 g/mol. The van der Waals surface area contributed by atoms with Crippen LogP contribution in [0.1, 0.15) is 33.6 Å². The lowest BCUT2D eigenvalue weighted by molar-refractivity contribution is -0.155. The first kappa shape index (κ1) is 20.1. The van der Waals surface area contributed by atoms with Crippen LogP contribution in [-0.2, 0) is 18.8 Å². The Hall–Kier alpha value is -0.900. The number of ether oxygens (including phenoxy) is 2. The molecule has 1 rings (SSSR count). The molecule has 0 aromatic heterocycles. The first-order valence-corrected chi connectivity index (χ1v) is 9.76. The fourth-order valence-corrected chi connectivity index (χ4v) is 4.33. The molecule has 0 saturated heterocycles. The van der Waals surface area contributed by atoms with Crippen molar-refractivity contribution in [2.24, 2.45) is 5.92 Å². The normalized spacial score (nSPS) is 15.1. The molecule has 2 unspecified atom stereocenters. The molecule has 0 heterocycles. The molecule has 1 aromatic rings. The van der Waals surface area contributed by atoms with E-state index in [0.717, 1.165) is 11.3 Å². The lowest BCUT2D eigenvalue weighted by atomic mass is 9.97. The molecule has 0 saturated carbocycles. The van der Waals surface area contributed by atoms with Crippen LogP contribution in [0.15, 0.2) is 35.2 Å². The molecule has 6 heteroatoms. The number of benzene rings is 1. The molecule has 0 aliphatic rings. The van der Waals surface area contributed by atoms with E-state index in [1.54, 1.807) is 18.7 Å². The van der Waals surface area contributed by atoms with Crippen LogP contribution in [0.2, 0.25) is 0 Å². The quantitative estimate of drug-likeness (QED) is 0.324. The Balaban J connectivity index is 3.00. The van der Waals surface area contributed by atoms with Gasteiger partial charge < -0.3 is 9.47 Å². The summed E-state index contributed by atoms with van der Waals surface area (Å²) in [5.41, 5.74) is 0. The van der Waals surface area contributed by atoms with Gasteiger partial charge in [-0.15, -0.1) is 11.8 Å². The maximum atomic E-state index is 12.4. The van der Waals surface area contributed by atoms with Crippen LogP contribution in [0.4, 0.5) is 0 Å². The minimum absolute atomic E-state index is 0.180.